The molecule has 6 nitrogen and oxygen atoms in total. The standard InChI is InChI=1S/C23H24N2O4S/c1-14-10-19-22(20(26)11-14)15(2)25-23(19)18-12-16(13-24-30(27)28)8-9-21(18)29-17-6-4-3-5-7-17/h3-9,12,14,25,30H,10-11,13H2,1-2H3,(H,24,27,28). The number of carbonyl (C=O) groups is 1. The fourth-order valence-electron chi connectivity index (χ4n) is 4.07. The van der Waals surface area contributed by atoms with Gasteiger partial charge in [0.2, 0.25) is 10.9 Å². The van der Waals surface area contributed by atoms with Crippen LogP contribution in [0.15, 0.2) is 48.5 Å². The third-order valence-electron chi connectivity index (χ3n) is 5.35. The first-order valence-corrected chi connectivity index (χ1v) is 11.1. The summed E-state index contributed by atoms with van der Waals surface area (Å²) in [4.78, 5) is 16.1. The van der Waals surface area contributed by atoms with Crippen LogP contribution in [0.5, 0.6) is 11.5 Å². The van der Waals surface area contributed by atoms with Crippen LogP contribution in [0.1, 0.15) is 40.5 Å². The number of nitrogens with one attached hydrogen (secondary N) is 2. The van der Waals surface area contributed by atoms with Crippen LogP contribution in [0, 0.1) is 12.8 Å². The summed E-state index contributed by atoms with van der Waals surface area (Å²) < 4.78 is 30.5. The summed E-state index contributed by atoms with van der Waals surface area (Å²) in [6, 6.07) is 15.1. The second-order valence-electron chi connectivity index (χ2n) is 7.75. The Morgan fingerprint density at radius 1 is 1.13 bits per heavy atom. The van der Waals surface area contributed by atoms with Gasteiger partial charge in [0.25, 0.3) is 0 Å². The van der Waals surface area contributed by atoms with E-state index in [9.17, 15) is 13.2 Å². The molecule has 0 bridgehead atoms. The fraction of sp³-hybridized carbons (Fsp3) is 0.261. The average molecular weight is 425 g/mol. The van der Waals surface area contributed by atoms with Crippen molar-refractivity contribution in [3.05, 3.63) is 70.9 Å². The van der Waals surface area contributed by atoms with E-state index in [2.05, 4.69) is 16.6 Å². The first-order valence-electron chi connectivity index (χ1n) is 9.91. The van der Waals surface area contributed by atoms with Gasteiger partial charge in [0.05, 0.1) is 5.69 Å². The normalized spacial score (nSPS) is 16.0. The van der Waals surface area contributed by atoms with Crippen LogP contribution in [-0.4, -0.2) is 19.2 Å². The van der Waals surface area contributed by atoms with E-state index < -0.39 is 10.9 Å². The number of rotatable bonds is 6. The van der Waals surface area contributed by atoms with Gasteiger partial charge in [-0.15, -0.1) is 0 Å². The van der Waals surface area contributed by atoms with Crippen LogP contribution < -0.4 is 9.46 Å². The number of Topliss-reactive ketones (excluding diaryl/α,β-unsaturated/α-hetero) is 1. The quantitative estimate of drug-likeness (QED) is 0.519. The highest BCUT2D eigenvalue weighted by atomic mass is 32.2. The van der Waals surface area contributed by atoms with Gasteiger partial charge < -0.3 is 9.72 Å². The molecule has 0 fully saturated rings. The third kappa shape index (κ3) is 4.17. The zero-order valence-corrected chi connectivity index (χ0v) is 17.8. The number of aromatic amines is 1. The van der Waals surface area contributed by atoms with Crippen LogP contribution in [0.25, 0.3) is 11.3 Å². The van der Waals surface area contributed by atoms with Gasteiger partial charge in [-0.05, 0) is 54.7 Å². The van der Waals surface area contributed by atoms with E-state index in [4.69, 9.17) is 4.74 Å². The summed E-state index contributed by atoms with van der Waals surface area (Å²) in [6.45, 7) is 4.19. The van der Waals surface area contributed by atoms with Crippen LogP contribution in [0.3, 0.4) is 0 Å². The van der Waals surface area contributed by atoms with Crippen molar-refractivity contribution < 1.29 is 17.9 Å². The lowest BCUT2D eigenvalue weighted by atomic mass is 9.83. The number of hydrogen-bond acceptors (Lipinski definition) is 4. The molecule has 0 amide bonds. The van der Waals surface area contributed by atoms with Crippen LogP contribution in [0.4, 0.5) is 0 Å². The van der Waals surface area contributed by atoms with Crippen molar-refractivity contribution in [2.24, 2.45) is 5.92 Å². The number of ketones is 1. The third-order valence-corrected chi connectivity index (χ3v) is 5.77. The van der Waals surface area contributed by atoms with Crippen molar-refractivity contribution in [2.45, 2.75) is 33.2 Å². The highest BCUT2D eigenvalue weighted by Crippen LogP contribution is 2.40. The van der Waals surface area contributed by atoms with Gasteiger partial charge in [-0.2, -0.15) is 0 Å². The Labute approximate surface area is 177 Å². The van der Waals surface area contributed by atoms with E-state index in [-0.39, 0.29) is 18.2 Å². The smallest absolute Gasteiger partial charge is 0.201 e. The number of fused-ring (bicyclic) bond motifs is 1. The molecule has 3 aromatic rings. The summed E-state index contributed by atoms with van der Waals surface area (Å²) in [5, 5.41) is 0. The van der Waals surface area contributed by atoms with Gasteiger partial charge in [0.15, 0.2) is 5.78 Å². The fourth-order valence-corrected chi connectivity index (χ4v) is 4.38. The van der Waals surface area contributed by atoms with Gasteiger partial charge in [0.1, 0.15) is 11.5 Å². The number of hydrogen-bond donors (Lipinski definition) is 3. The van der Waals surface area contributed by atoms with Crippen molar-refractivity contribution in [3.63, 3.8) is 0 Å². The molecule has 0 aliphatic heterocycles. The van der Waals surface area contributed by atoms with Crippen LogP contribution >= 0.6 is 0 Å². The molecule has 1 atom stereocenters. The zero-order valence-electron chi connectivity index (χ0n) is 16.9. The molecule has 156 valence electrons. The summed E-state index contributed by atoms with van der Waals surface area (Å²) in [5.41, 5.74) is 5.12. The average Bonchev–Trinajstić information content (AvgIpc) is 3.04. The van der Waals surface area contributed by atoms with Gasteiger partial charge in [-0.3, -0.25) is 4.79 Å². The molecule has 2 N–H and O–H groups in total. The Hall–Kier alpha value is -2.90. The molecule has 4 rings (SSSR count). The molecule has 0 radical (unpaired) electrons. The van der Waals surface area contributed by atoms with Crippen molar-refractivity contribution >= 4 is 16.7 Å². The lowest BCUT2D eigenvalue weighted by molar-refractivity contribution is 0.0953. The van der Waals surface area contributed by atoms with Gasteiger partial charge >= 0.3 is 0 Å². The van der Waals surface area contributed by atoms with Crippen molar-refractivity contribution in [1.29, 1.82) is 0 Å². The maximum atomic E-state index is 12.7. The summed E-state index contributed by atoms with van der Waals surface area (Å²) in [5.74, 6) is 1.78. The largest absolute Gasteiger partial charge is 0.457 e. The highest BCUT2D eigenvalue weighted by Gasteiger charge is 2.29. The number of aryl methyl sites for hydroxylation is 1. The minimum absolute atomic E-state index is 0.162. The zero-order chi connectivity index (χ0) is 21.3. The first-order chi connectivity index (χ1) is 14.4. The van der Waals surface area contributed by atoms with Gasteiger partial charge in [-0.1, -0.05) is 31.2 Å². The molecular weight excluding hydrogens is 400 g/mol. The molecule has 1 aliphatic rings. The summed E-state index contributed by atoms with van der Waals surface area (Å²) in [7, 11) is -2.69. The van der Waals surface area contributed by atoms with Crippen LogP contribution in [-0.2, 0) is 23.9 Å². The molecule has 0 saturated heterocycles. The lowest BCUT2D eigenvalue weighted by Crippen LogP contribution is -2.17. The van der Waals surface area contributed by atoms with E-state index in [1.54, 1.807) is 0 Å². The Morgan fingerprint density at radius 2 is 1.90 bits per heavy atom. The Balaban J connectivity index is 1.83. The SMILES string of the molecule is Cc1[nH]c(-c2cc(CN[SH](=O)=O)ccc2Oc2ccccc2)c2c1C(=O)CC(C)C2. The lowest BCUT2D eigenvalue weighted by Gasteiger charge is -2.20. The Morgan fingerprint density at radius 3 is 2.63 bits per heavy atom. The maximum Gasteiger partial charge on any atom is 0.201 e. The monoisotopic (exact) mass is 424 g/mol. The topological polar surface area (TPSA) is 88.3 Å². The number of benzene rings is 2. The molecule has 1 unspecified atom stereocenters. The highest BCUT2D eigenvalue weighted by molar-refractivity contribution is 7.70. The van der Waals surface area contributed by atoms with E-state index in [1.807, 2.05) is 55.5 Å². The second-order valence-corrected chi connectivity index (χ2v) is 8.58. The number of carbonyl (C=O) groups excluding carboxylic acids is 1. The second kappa shape index (κ2) is 8.45. The minimum atomic E-state index is -2.69. The predicted octanol–water partition coefficient (Wildman–Crippen LogP) is 4.16. The molecule has 2 aromatic carbocycles. The van der Waals surface area contributed by atoms with Gasteiger partial charge in [-0.25, -0.2) is 13.1 Å². The molecule has 1 aliphatic carbocycles. The minimum Gasteiger partial charge on any atom is -0.457 e. The maximum absolute atomic E-state index is 12.7. The number of aromatic nitrogens is 1. The molecule has 1 heterocycles. The summed E-state index contributed by atoms with van der Waals surface area (Å²) in [6.07, 6.45) is 1.36. The predicted molar refractivity (Wildman–Crippen MR) is 116 cm³/mol. The van der Waals surface area contributed by atoms with Crippen molar-refractivity contribution in [1.82, 2.24) is 9.71 Å². The van der Waals surface area contributed by atoms with E-state index in [1.165, 1.54) is 0 Å². The molecule has 0 spiro atoms. The molecular formula is C23H24N2O4S. The van der Waals surface area contributed by atoms with Crippen LogP contribution in [0.2, 0.25) is 0 Å². The Bertz CT molecular complexity index is 1160. The van der Waals surface area contributed by atoms with Gasteiger partial charge in [0, 0.05) is 29.8 Å². The Kier molecular flexibility index (Phi) is 5.74. The van der Waals surface area contributed by atoms with E-state index >= 15 is 0 Å². The number of thiol groups is 1. The molecule has 7 heteroatoms. The van der Waals surface area contributed by atoms with Crippen molar-refractivity contribution in [3.8, 4) is 22.8 Å². The first kappa shape index (κ1) is 20.4. The van der Waals surface area contributed by atoms with Crippen molar-refractivity contribution in [2.75, 3.05) is 0 Å². The molecule has 30 heavy (non-hydrogen) atoms. The van der Waals surface area contributed by atoms with E-state index in [0.717, 1.165) is 40.1 Å². The van der Waals surface area contributed by atoms with E-state index in [0.29, 0.717) is 17.9 Å². The molecule has 1 aromatic heterocycles. The molecule has 0 saturated carbocycles. The number of ether oxygens (including phenoxy) is 1. The number of H-pyrrole nitrogens is 1. The number of para-hydroxylation sites is 1. The summed E-state index contributed by atoms with van der Waals surface area (Å²) >= 11 is 0.